The number of halogens is 1. The number of anilines is 1. The van der Waals surface area contributed by atoms with Gasteiger partial charge in [0.2, 0.25) is 0 Å². The molecule has 1 aromatic carbocycles. The van der Waals surface area contributed by atoms with E-state index in [2.05, 4.69) is 16.5 Å². The van der Waals surface area contributed by atoms with E-state index in [4.69, 9.17) is 10.5 Å². The molecule has 0 spiro atoms. The van der Waals surface area contributed by atoms with Gasteiger partial charge in [-0.1, -0.05) is 0 Å². The van der Waals surface area contributed by atoms with Gasteiger partial charge in [-0.15, -0.1) is 11.3 Å². The number of rotatable bonds is 6. The minimum absolute atomic E-state index is 0.0464. The molecule has 0 saturated carbocycles. The van der Waals surface area contributed by atoms with Crippen LogP contribution in [0, 0.1) is 0 Å². The fraction of sp³-hybridized carbons (Fsp3) is 0.263. The van der Waals surface area contributed by atoms with E-state index in [1.54, 1.807) is 11.3 Å². The maximum Gasteiger partial charge on any atom is 0.346 e. The Bertz CT molecular complexity index is 1070. The molecule has 4 rings (SSSR count). The summed E-state index contributed by atoms with van der Waals surface area (Å²) >= 11 is 1.62. The van der Waals surface area contributed by atoms with Crippen LogP contribution in [-0.2, 0) is 13.1 Å². The Morgan fingerprint density at radius 2 is 2.29 bits per heavy atom. The van der Waals surface area contributed by atoms with E-state index in [0.29, 0.717) is 25.1 Å². The molecule has 2 aromatic heterocycles. The largest absolute Gasteiger partial charge is 0.490 e. The van der Waals surface area contributed by atoms with Gasteiger partial charge in [0.1, 0.15) is 18.7 Å². The molecule has 0 bridgehead atoms. The van der Waals surface area contributed by atoms with Gasteiger partial charge in [0.05, 0.1) is 25.1 Å². The number of thiophene rings is 1. The summed E-state index contributed by atoms with van der Waals surface area (Å²) in [5.74, 6) is 0.866. The lowest BCUT2D eigenvalue weighted by atomic mass is 10.1. The fourth-order valence-corrected chi connectivity index (χ4v) is 4.01. The number of benzene rings is 1. The second kappa shape index (κ2) is 7.99. The Labute approximate surface area is 164 Å². The number of hydrogen-bond donors (Lipinski definition) is 2. The third-order valence-corrected chi connectivity index (χ3v) is 5.61. The zero-order valence-electron chi connectivity index (χ0n) is 15.1. The van der Waals surface area contributed by atoms with Crippen molar-refractivity contribution in [2.75, 3.05) is 25.0 Å². The zero-order valence-corrected chi connectivity index (χ0v) is 15.9. The van der Waals surface area contributed by atoms with Gasteiger partial charge >= 0.3 is 5.69 Å². The number of fused-ring (bicyclic) bond motifs is 1. The Hall–Kier alpha value is -2.91. The number of nitrogens with one attached hydrogen (secondary N) is 1. The predicted octanol–water partition coefficient (Wildman–Crippen LogP) is 2.44. The highest BCUT2D eigenvalue weighted by Crippen LogP contribution is 2.35. The lowest BCUT2D eigenvalue weighted by Gasteiger charge is -2.19. The highest BCUT2D eigenvalue weighted by atomic mass is 32.1. The Kier molecular flexibility index (Phi) is 5.27. The van der Waals surface area contributed by atoms with Gasteiger partial charge in [0, 0.05) is 22.8 Å². The molecule has 3 N–H and O–H groups in total. The van der Waals surface area contributed by atoms with Gasteiger partial charge in [-0.05, 0) is 41.5 Å². The van der Waals surface area contributed by atoms with Crippen molar-refractivity contribution < 1.29 is 9.13 Å². The average molecular weight is 401 g/mol. The minimum atomic E-state index is -0.294. The number of hydrogen-bond acceptors (Lipinski definition) is 6. The Balaban J connectivity index is 1.51. The first-order valence-electron chi connectivity index (χ1n) is 8.88. The average Bonchev–Trinajstić information content (AvgIpc) is 3.33. The minimum Gasteiger partial charge on any atom is -0.490 e. The summed E-state index contributed by atoms with van der Waals surface area (Å²) < 4.78 is 21.0. The molecule has 9 heteroatoms. The third kappa shape index (κ3) is 3.71. The van der Waals surface area contributed by atoms with E-state index < -0.39 is 0 Å². The van der Waals surface area contributed by atoms with Gasteiger partial charge in [-0.2, -0.15) is 5.10 Å². The summed E-state index contributed by atoms with van der Waals surface area (Å²) in [4.78, 5) is 14.6. The summed E-state index contributed by atoms with van der Waals surface area (Å²) in [6, 6.07) is 10.1. The van der Waals surface area contributed by atoms with Gasteiger partial charge in [0.15, 0.2) is 0 Å². The van der Waals surface area contributed by atoms with E-state index in [-0.39, 0.29) is 18.8 Å². The molecule has 0 aliphatic carbocycles. The number of nitrogens with zero attached hydrogens (tertiary/aromatic N) is 3. The third-order valence-electron chi connectivity index (χ3n) is 4.49. The molecule has 0 radical (unpaired) electrons. The van der Waals surface area contributed by atoms with Crippen LogP contribution in [0.2, 0.25) is 0 Å². The lowest BCUT2D eigenvalue weighted by molar-refractivity contribution is 0.323. The summed E-state index contributed by atoms with van der Waals surface area (Å²) in [5, 5.41) is 7.39. The highest BCUT2D eigenvalue weighted by Gasteiger charge is 2.13. The summed E-state index contributed by atoms with van der Waals surface area (Å²) in [7, 11) is 0. The first-order valence-corrected chi connectivity index (χ1v) is 9.70. The SMILES string of the molecule is NC/C(=C\F)Cn1ncn(Cc2ccc(-c3ccc4c(c3)NCCO4)s2)c1=O. The van der Waals surface area contributed by atoms with Crippen molar-refractivity contribution in [3.8, 4) is 16.2 Å². The predicted molar refractivity (Wildman–Crippen MR) is 108 cm³/mol. The quantitative estimate of drug-likeness (QED) is 0.663. The lowest BCUT2D eigenvalue weighted by Crippen LogP contribution is -2.26. The normalized spacial score (nSPS) is 13.7. The molecule has 28 heavy (non-hydrogen) atoms. The van der Waals surface area contributed by atoms with Gasteiger partial charge in [-0.25, -0.2) is 13.9 Å². The highest BCUT2D eigenvalue weighted by molar-refractivity contribution is 7.15. The van der Waals surface area contributed by atoms with E-state index in [1.807, 2.05) is 24.3 Å². The van der Waals surface area contributed by atoms with Gasteiger partial charge in [-0.3, -0.25) is 4.57 Å². The van der Waals surface area contributed by atoms with Crippen LogP contribution in [0.25, 0.3) is 10.4 Å². The molecule has 1 aliphatic rings. The van der Waals surface area contributed by atoms with Gasteiger partial charge < -0.3 is 15.8 Å². The van der Waals surface area contributed by atoms with Crippen LogP contribution in [0.5, 0.6) is 5.75 Å². The van der Waals surface area contributed by atoms with Crippen LogP contribution in [0.4, 0.5) is 10.1 Å². The smallest absolute Gasteiger partial charge is 0.346 e. The molecule has 7 nitrogen and oxygen atoms in total. The van der Waals surface area contributed by atoms with Crippen molar-refractivity contribution >= 4 is 17.0 Å². The van der Waals surface area contributed by atoms with Crippen LogP contribution in [0.1, 0.15) is 4.88 Å². The van der Waals surface area contributed by atoms with Crippen LogP contribution < -0.4 is 21.5 Å². The molecular weight excluding hydrogens is 381 g/mol. The van der Waals surface area contributed by atoms with Crippen molar-refractivity contribution in [1.82, 2.24) is 14.3 Å². The number of ether oxygens (including phenoxy) is 1. The van der Waals surface area contributed by atoms with Crippen molar-refractivity contribution in [2.45, 2.75) is 13.1 Å². The molecule has 1 aliphatic heterocycles. The second-order valence-electron chi connectivity index (χ2n) is 6.42. The first-order chi connectivity index (χ1) is 13.7. The molecule has 0 saturated heterocycles. The maximum atomic E-state index is 12.7. The van der Waals surface area contributed by atoms with Crippen molar-refractivity contribution in [2.24, 2.45) is 5.73 Å². The number of nitrogens with two attached hydrogens (primary N) is 1. The van der Waals surface area contributed by atoms with Gasteiger partial charge in [0.25, 0.3) is 0 Å². The van der Waals surface area contributed by atoms with E-state index in [0.717, 1.165) is 33.3 Å². The van der Waals surface area contributed by atoms with Crippen LogP contribution in [0.3, 0.4) is 0 Å². The molecule has 3 heterocycles. The molecule has 3 aromatic rings. The van der Waals surface area contributed by atoms with E-state index >= 15 is 0 Å². The second-order valence-corrected chi connectivity index (χ2v) is 7.59. The van der Waals surface area contributed by atoms with Crippen molar-refractivity contribution in [3.63, 3.8) is 0 Å². The van der Waals surface area contributed by atoms with E-state index in [9.17, 15) is 9.18 Å². The summed E-state index contributed by atoms with van der Waals surface area (Å²) in [6.45, 7) is 1.98. The standard InChI is InChI=1S/C19H20FN5O2S/c20-8-13(9-21)10-25-19(26)24(12-23-25)11-15-2-4-18(28-15)14-1-3-17-16(7-14)22-5-6-27-17/h1-4,7-8,12,22H,5-6,9-11,21H2/b13-8+. The summed E-state index contributed by atoms with van der Waals surface area (Å²) in [6.07, 6.45) is 1.89. The monoisotopic (exact) mass is 401 g/mol. The molecule has 0 atom stereocenters. The molecule has 0 amide bonds. The first kappa shape index (κ1) is 18.5. The zero-order chi connectivity index (χ0) is 19.5. The molecule has 146 valence electrons. The maximum absolute atomic E-state index is 12.7. The topological polar surface area (TPSA) is 87.1 Å². The Morgan fingerprint density at radius 3 is 3.11 bits per heavy atom. The fourth-order valence-electron chi connectivity index (χ4n) is 3.00. The van der Waals surface area contributed by atoms with Crippen molar-refractivity contribution in [1.29, 1.82) is 0 Å². The molecule has 0 fully saturated rings. The van der Waals surface area contributed by atoms with Crippen molar-refractivity contribution in [3.05, 3.63) is 63.9 Å². The number of aromatic nitrogens is 3. The van der Waals surface area contributed by atoms with E-state index in [1.165, 1.54) is 15.6 Å². The summed E-state index contributed by atoms with van der Waals surface area (Å²) in [5.41, 5.74) is 7.55. The van der Waals surface area contributed by atoms with Crippen LogP contribution in [-0.4, -0.2) is 34.0 Å². The Morgan fingerprint density at radius 1 is 1.39 bits per heavy atom. The van der Waals surface area contributed by atoms with Crippen LogP contribution >= 0.6 is 11.3 Å². The molecular formula is C19H20FN5O2S. The molecule has 0 unspecified atom stereocenters. The van der Waals surface area contributed by atoms with Crippen LogP contribution in [0.15, 0.2) is 53.4 Å².